The molecule has 0 bridgehead atoms. The second kappa shape index (κ2) is 6.12. The van der Waals surface area contributed by atoms with Crippen LogP contribution in [0.15, 0.2) is 22.9 Å². The highest BCUT2D eigenvalue weighted by atomic mass is 35.5. The summed E-state index contributed by atoms with van der Waals surface area (Å²) >= 11 is 8.70. The van der Waals surface area contributed by atoms with Crippen LogP contribution in [0.3, 0.4) is 0 Å². The van der Waals surface area contributed by atoms with Crippen LogP contribution in [0.25, 0.3) is 0 Å². The Morgan fingerprint density at radius 2 is 2.39 bits per heavy atom. The molecular weight excluding hydrogens is 292 g/mol. The van der Waals surface area contributed by atoms with Gasteiger partial charge in [0.05, 0.1) is 11.2 Å². The molecule has 0 radical (unpaired) electrons. The molecule has 0 saturated carbocycles. The number of hydrogen-bond donors (Lipinski definition) is 1. The lowest BCUT2D eigenvalue weighted by molar-refractivity contribution is 0.102. The molecule has 2 aromatic heterocycles. The van der Waals surface area contributed by atoms with Crippen molar-refractivity contribution in [3.8, 4) is 0 Å². The Labute approximate surface area is 117 Å². The highest BCUT2D eigenvalue weighted by Gasteiger charge is 2.15. The standard InChI is InChI=1S/C10H9ClN4OS2/c1-2-17-10-13-5-6(11)7(14-10)8(16)15-9-12-3-4-18-9/h3-5H,2H2,1H3,(H,12,15,16). The van der Waals surface area contributed by atoms with E-state index in [1.54, 1.807) is 11.6 Å². The fraction of sp³-hybridized carbons (Fsp3) is 0.200. The van der Waals surface area contributed by atoms with Crippen LogP contribution in [0.2, 0.25) is 5.02 Å². The summed E-state index contributed by atoms with van der Waals surface area (Å²) in [6.45, 7) is 1.98. The SMILES string of the molecule is CCSc1ncc(Cl)c(C(=O)Nc2nccs2)n1. The zero-order valence-corrected chi connectivity index (χ0v) is 11.8. The molecule has 8 heteroatoms. The lowest BCUT2D eigenvalue weighted by Crippen LogP contribution is -2.15. The minimum Gasteiger partial charge on any atom is -0.296 e. The Morgan fingerprint density at radius 3 is 3.06 bits per heavy atom. The van der Waals surface area contributed by atoms with Crippen LogP contribution in [0.5, 0.6) is 0 Å². The first-order valence-corrected chi connectivity index (χ1v) is 7.31. The van der Waals surface area contributed by atoms with Gasteiger partial charge in [-0.1, -0.05) is 30.3 Å². The van der Waals surface area contributed by atoms with Crippen molar-refractivity contribution >= 4 is 45.7 Å². The van der Waals surface area contributed by atoms with Crippen molar-refractivity contribution in [3.05, 3.63) is 28.5 Å². The summed E-state index contributed by atoms with van der Waals surface area (Å²) in [5.41, 5.74) is 0.165. The molecule has 0 aliphatic heterocycles. The second-order valence-corrected chi connectivity index (χ2v) is 5.61. The van der Waals surface area contributed by atoms with E-state index in [-0.39, 0.29) is 16.6 Å². The van der Waals surface area contributed by atoms with E-state index in [2.05, 4.69) is 20.3 Å². The van der Waals surface area contributed by atoms with Crippen LogP contribution in [-0.2, 0) is 0 Å². The number of nitrogens with one attached hydrogen (secondary N) is 1. The van der Waals surface area contributed by atoms with Gasteiger partial charge in [-0.2, -0.15) is 0 Å². The minimum absolute atomic E-state index is 0.165. The maximum atomic E-state index is 12.0. The predicted octanol–water partition coefficient (Wildman–Crippen LogP) is 2.95. The molecule has 2 aromatic rings. The van der Waals surface area contributed by atoms with Crippen molar-refractivity contribution in [1.82, 2.24) is 15.0 Å². The van der Waals surface area contributed by atoms with Crippen molar-refractivity contribution in [3.63, 3.8) is 0 Å². The van der Waals surface area contributed by atoms with E-state index >= 15 is 0 Å². The number of rotatable bonds is 4. The summed E-state index contributed by atoms with van der Waals surface area (Å²) in [4.78, 5) is 24.1. The lowest BCUT2D eigenvalue weighted by Gasteiger charge is -2.04. The van der Waals surface area contributed by atoms with E-state index in [1.165, 1.54) is 29.3 Å². The number of thiazole rings is 1. The summed E-state index contributed by atoms with van der Waals surface area (Å²) in [5, 5.41) is 5.68. The third kappa shape index (κ3) is 3.18. The molecule has 0 aromatic carbocycles. The number of carbonyl (C=O) groups excluding carboxylic acids is 1. The first-order valence-electron chi connectivity index (χ1n) is 5.07. The lowest BCUT2D eigenvalue weighted by atomic mass is 10.4. The van der Waals surface area contributed by atoms with Crippen LogP contribution < -0.4 is 5.32 Å². The number of carbonyl (C=O) groups is 1. The number of halogens is 1. The Balaban J connectivity index is 2.20. The number of anilines is 1. The van der Waals surface area contributed by atoms with Crippen molar-refractivity contribution in [2.45, 2.75) is 12.1 Å². The first-order chi connectivity index (χ1) is 8.70. The maximum absolute atomic E-state index is 12.0. The van der Waals surface area contributed by atoms with Gasteiger partial charge in [-0.3, -0.25) is 10.1 Å². The van der Waals surface area contributed by atoms with Gasteiger partial charge in [-0.15, -0.1) is 11.3 Å². The monoisotopic (exact) mass is 300 g/mol. The summed E-state index contributed by atoms with van der Waals surface area (Å²) in [6.07, 6.45) is 3.05. The molecular formula is C10H9ClN4OS2. The molecule has 94 valence electrons. The van der Waals surface area contributed by atoms with Crippen molar-refractivity contribution < 1.29 is 4.79 Å². The Hall–Kier alpha value is -1.18. The van der Waals surface area contributed by atoms with Gasteiger partial charge in [0, 0.05) is 11.6 Å². The molecule has 0 aliphatic rings. The molecule has 2 rings (SSSR count). The molecule has 0 saturated heterocycles. The summed E-state index contributed by atoms with van der Waals surface area (Å²) in [7, 11) is 0. The smallest absolute Gasteiger partial charge is 0.277 e. The number of hydrogen-bond acceptors (Lipinski definition) is 6. The van der Waals surface area contributed by atoms with Crippen LogP contribution >= 0.6 is 34.7 Å². The third-order valence-corrected chi connectivity index (χ3v) is 3.57. The minimum atomic E-state index is -0.379. The molecule has 0 atom stereocenters. The van der Waals surface area contributed by atoms with E-state index < -0.39 is 0 Å². The quantitative estimate of drug-likeness (QED) is 0.694. The molecule has 0 spiro atoms. The molecule has 18 heavy (non-hydrogen) atoms. The Kier molecular flexibility index (Phi) is 4.51. The van der Waals surface area contributed by atoms with E-state index in [4.69, 9.17) is 11.6 Å². The van der Waals surface area contributed by atoms with E-state index in [0.29, 0.717) is 10.3 Å². The summed E-state index contributed by atoms with van der Waals surface area (Å²) in [5.74, 6) is 0.449. The summed E-state index contributed by atoms with van der Waals surface area (Å²) < 4.78 is 0. The maximum Gasteiger partial charge on any atom is 0.277 e. The number of amides is 1. The fourth-order valence-corrected chi connectivity index (χ4v) is 2.39. The van der Waals surface area contributed by atoms with Gasteiger partial charge in [0.15, 0.2) is 16.0 Å². The van der Waals surface area contributed by atoms with Gasteiger partial charge < -0.3 is 0 Å². The van der Waals surface area contributed by atoms with Crippen LogP contribution in [0.1, 0.15) is 17.4 Å². The fourth-order valence-electron chi connectivity index (χ4n) is 1.15. The van der Waals surface area contributed by atoms with Crippen LogP contribution in [0, 0.1) is 0 Å². The molecule has 0 aliphatic carbocycles. The molecule has 0 fully saturated rings. The van der Waals surface area contributed by atoms with Crippen LogP contribution in [0.4, 0.5) is 5.13 Å². The molecule has 5 nitrogen and oxygen atoms in total. The van der Waals surface area contributed by atoms with Crippen LogP contribution in [-0.4, -0.2) is 26.6 Å². The molecule has 0 unspecified atom stereocenters. The van der Waals surface area contributed by atoms with Crippen molar-refractivity contribution in [2.75, 3.05) is 11.1 Å². The zero-order valence-electron chi connectivity index (χ0n) is 9.38. The average Bonchev–Trinajstić information content (AvgIpc) is 2.84. The number of aromatic nitrogens is 3. The Morgan fingerprint density at radius 1 is 1.56 bits per heavy atom. The topological polar surface area (TPSA) is 67.8 Å². The number of thioether (sulfide) groups is 1. The molecule has 2 heterocycles. The Bertz CT molecular complexity index is 547. The summed E-state index contributed by atoms with van der Waals surface area (Å²) in [6, 6.07) is 0. The van der Waals surface area contributed by atoms with Gasteiger partial charge in [0.1, 0.15) is 0 Å². The average molecular weight is 301 g/mol. The van der Waals surface area contributed by atoms with Gasteiger partial charge in [-0.25, -0.2) is 15.0 Å². The second-order valence-electron chi connectivity index (χ2n) is 3.07. The molecule has 1 amide bonds. The van der Waals surface area contributed by atoms with Gasteiger partial charge >= 0.3 is 0 Å². The normalized spacial score (nSPS) is 10.3. The highest BCUT2D eigenvalue weighted by molar-refractivity contribution is 7.99. The van der Waals surface area contributed by atoms with Crippen molar-refractivity contribution in [1.29, 1.82) is 0 Å². The highest BCUT2D eigenvalue weighted by Crippen LogP contribution is 2.19. The van der Waals surface area contributed by atoms with E-state index in [9.17, 15) is 4.79 Å². The van der Waals surface area contributed by atoms with Gasteiger partial charge in [-0.05, 0) is 5.75 Å². The third-order valence-electron chi connectivity index (χ3n) is 1.86. The van der Waals surface area contributed by atoms with E-state index in [1.807, 2.05) is 6.92 Å². The van der Waals surface area contributed by atoms with Crippen molar-refractivity contribution in [2.24, 2.45) is 0 Å². The first kappa shape index (κ1) is 13.3. The van der Waals surface area contributed by atoms with Gasteiger partial charge in [0.2, 0.25) is 0 Å². The van der Waals surface area contributed by atoms with E-state index in [0.717, 1.165) is 5.75 Å². The largest absolute Gasteiger partial charge is 0.296 e. The zero-order chi connectivity index (χ0) is 13.0. The number of nitrogens with zero attached hydrogens (tertiary/aromatic N) is 3. The predicted molar refractivity (Wildman–Crippen MR) is 73.5 cm³/mol. The van der Waals surface area contributed by atoms with Gasteiger partial charge in [0.25, 0.3) is 5.91 Å². The molecule has 1 N–H and O–H groups in total.